The molecule has 6 heteroatoms. The quantitative estimate of drug-likeness (QED) is 0.729. The van der Waals surface area contributed by atoms with Gasteiger partial charge in [-0.2, -0.15) is 0 Å². The number of hydrogen-bond donors (Lipinski definition) is 2. The van der Waals surface area contributed by atoms with Crippen LogP contribution in [-0.2, 0) is 13.1 Å². The number of hydrogen-bond acceptors (Lipinski definition) is 4. The average molecular weight is 315 g/mol. The zero-order chi connectivity index (χ0) is 16.4. The highest BCUT2D eigenvalue weighted by Crippen LogP contribution is 2.44. The van der Waals surface area contributed by atoms with Crippen LogP contribution in [0.5, 0.6) is 11.6 Å². The Balaban J connectivity index is 1.93. The molecule has 0 amide bonds. The third kappa shape index (κ3) is 2.84. The van der Waals surface area contributed by atoms with Crippen molar-refractivity contribution >= 4 is 0 Å². The SMILES string of the molecule is CC(C)c1c(O)c(O)n(CCCn2ccnc2)c1-c1ccco1. The lowest BCUT2D eigenvalue weighted by Gasteiger charge is -2.11. The van der Waals surface area contributed by atoms with Gasteiger partial charge in [0.1, 0.15) is 0 Å². The Labute approximate surface area is 134 Å². The molecule has 2 N–H and O–H groups in total. The number of aryl methyl sites for hydroxylation is 1. The fraction of sp³-hybridized carbons (Fsp3) is 0.353. The van der Waals surface area contributed by atoms with Gasteiger partial charge >= 0.3 is 0 Å². The van der Waals surface area contributed by atoms with E-state index in [0.717, 1.165) is 18.7 Å². The normalized spacial score (nSPS) is 11.4. The van der Waals surface area contributed by atoms with Crippen molar-refractivity contribution in [3.05, 3.63) is 42.7 Å². The van der Waals surface area contributed by atoms with Crippen LogP contribution in [0.1, 0.15) is 31.7 Å². The minimum Gasteiger partial charge on any atom is -0.503 e. The topological polar surface area (TPSA) is 76.3 Å². The summed E-state index contributed by atoms with van der Waals surface area (Å²) in [6.07, 6.45) is 7.80. The summed E-state index contributed by atoms with van der Waals surface area (Å²) in [7, 11) is 0. The van der Waals surface area contributed by atoms with Crippen molar-refractivity contribution in [2.45, 2.75) is 39.3 Å². The standard InChI is InChI=1S/C17H21N3O3/c1-12(2)14-15(13-5-3-10-23-13)20(17(22)16(14)21)8-4-7-19-9-6-18-11-19/h3,5-6,9-12,21-22H,4,7-8H2,1-2H3. The van der Waals surface area contributed by atoms with Crippen LogP contribution in [0.2, 0.25) is 0 Å². The lowest BCUT2D eigenvalue weighted by molar-refractivity contribution is 0.366. The lowest BCUT2D eigenvalue weighted by Crippen LogP contribution is -2.05. The van der Waals surface area contributed by atoms with Gasteiger partial charge in [-0.3, -0.25) is 0 Å². The average Bonchev–Trinajstić information content (AvgIpc) is 3.23. The largest absolute Gasteiger partial charge is 0.503 e. The van der Waals surface area contributed by atoms with Gasteiger partial charge in [-0.15, -0.1) is 0 Å². The van der Waals surface area contributed by atoms with Crippen molar-refractivity contribution in [3.63, 3.8) is 0 Å². The van der Waals surface area contributed by atoms with Crippen LogP contribution in [0, 0.1) is 0 Å². The van der Waals surface area contributed by atoms with Crippen molar-refractivity contribution in [2.24, 2.45) is 0 Å². The van der Waals surface area contributed by atoms with E-state index in [4.69, 9.17) is 4.42 Å². The molecule has 0 aliphatic carbocycles. The van der Waals surface area contributed by atoms with E-state index < -0.39 is 0 Å². The highest BCUT2D eigenvalue weighted by atomic mass is 16.3. The third-order valence-electron chi connectivity index (χ3n) is 3.94. The second-order valence-electron chi connectivity index (χ2n) is 5.87. The van der Waals surface area contributed by atoms with Crippen molar-refractivity contribution in [3.8, 4) is 23.1 Å². The van der Waals surface area contributed by atoms with Gasteiger partial charge in [0.2, 0.25) is 5.88 Å². The van der Waals surface area contributed by atoms with Crippen LogP contribution in [0.25, 0.3) is 11.5 Å². The molecule has 0 fully saturated rings. The van der Waals surface area contributed by atoms with Gasteiger partial charge in [0.15, 0.2) is 11.5 Å². The monoisotopic (exact) mass is 315 g/mol. The number of nitrogens with zero attached hydrogens (tertiary/aromatic N) is 3. The first kappa shape index (κ1) is 15.3. The summed E-state index contributed by atoms with van der Waals surface area (Å²) >= 11 is 0. The van der Waals surface area contributed by atoms with Crippen molar-refractivity contribution in [1.29, 1.82) is 0 Å². The first-order chi connectivity index (χ1) is 11.1. The molecule has 0 unspecified atom stereocenters. The van der Waals surface area contributed by atoms with Crippen LogP contribution >= 0.6 is 0 Å². The molecule has 0 aliphatic rings. The van der Waals surface area contributed by atoms with E-state index in [-0.39, 0.29) is 17.5 Å². The first-order valence-corrected chi connectivity index (χ1v) is 7.73. The van der Waals surface area contributed by atoms with E-state index >= 15 is 0 Å². The van der Waals surface area contributed by atoms with Crippen LogP contribution in [0.4, 0.5) is 0 Å². The van der Waals surface area contributed by atoms with Crippen molar-refractivity contribution in [1.82, 2.24) is 14.1 Å². The molecule has 3 heterocycles. The van der Waals surface area contributed by atoms with Gasteiger partial charge in [0, 0.05) is 31.0 Å². The van der Waals surface area contributed by atoms with Gasteiger partial charge in [0.05, 0.1) is 18.3 Å². The molecule has 0 saturated carbocycles. The maximum absolute atomic E-state index is 10.4. The second-order valence-corrected chi connectivity index (χ2v) is 5.87. The van der Waals surface area contributed by atoms with Gasteiger partial charge < -0.3 is 23.8 Å². The molecule has 0 aliphatic heterocycles. The van der Waals surface area contributed by atoms with E-state index in [1.807, 2.05) is 30.7 Å². The molecule has 6 nitrogen and oxygen atoms in total. The predicted molar refractivity (Wildman–Crippen MR) is 86.4 cm³/mol. The predicted octanol–water partition coefficient (Wildman–Crippen LogP) is 3.57. The van der Waals surface area contributed by atoms with Gasteiger partial charge in [-0.05, 0) is 24.5 Å². The maximum Gasteiger partial charge on any atom is 0.235 e. The zero-order valence-corrected chi connectivity index (χ0v) is 13.3. The Bertz CT molecular complexity index is 756. The van der Waals surface area contributed by atoms with Crippen LogP contribution < -0.4 is 0 Å². The Morgan fingerprint density at radius 3 is 2.70 bits per heavy atom. The van der Waals surface area contributed by atoms with Gasteiger partial charge in [-0.25, -0.2) is 4.98 Å². The van der Waals surface area contributed by atoms with E-state index in [1.54, 1.807) is 29.4 Å². The molecule has 3 aromatic rings. The lowest BCUT2D eigenvalue weighted by atomic mass is 10.0. The summed E-state index contributed by atoms with van der Waals surface area (Å²) in [6.45, 7) is 5.32. The summed E-state index contributed by atoms with van der Waals surface area (Å²) < 4.78 is 9.22. The summed E-state index contributed by atoms with van der Waals surface area (Å²) in [5.41, 5.74) is 1.45. The molecule has 0 atom stereocenters. The third-order valence-corrected chi connectivity index (χ3v) is 3.94. The minimum absolute atomic E-state index is 0.0611. The van der Waals surface area contributed by atoms with Crippen LogP contribution in [0.3, 0.4) is 0 Å². The molecule has 3 rings (SSSR count). The van der Waals surface area contributed by atoms with E-state index in [2.05, 4.69) is 4.98 Å². The van der Waals surface area contributed by atoms with E-state index in [1.165, 1.54) is 0 Å². The number of furan rings is 1. The molecule has 0 saturated heterocycles. The summed E-state index contributed by atoms with van der Waals surface area (Å²) in [5.74, 6) is 0.544. The molecule has 0 bridgehead atoms. The molecule has 0 radical (unpaired) electrons. The molecular weight excluding hydrogens is 294 g/mol. The van der Waals surface area contributed by atoms with E-state index in [0.29, 0.717) is 17.9 Å². The Morgan fingerprint density at radius 2 is 2.09 bits per heavy atom. The first-order valence-electron chi connectivity index (χ1n) is 7.73. The highest BCUT2D eigenvalue weighted by molar-refractivity contribution is 5.68. The molecular formula is C17H21N3O3. The number of aromatic hydroxyl groups is 2. The zero-order valence-electron chi connectivity index (χ0n) is 13.3. The number of rotatable bonds is 6. The van der Waals surface area contributed by atoms with E-state index in [9.17, 15) is 10.2 Å². The van der Waals surface area contributed by atoms with Crippen molar-refractivity contribution < 1.29 is 14.6 Å². The molecule has 0 aromatic carbocycles. The summed E-state index contributed by atoms with van der Waals surface area (Å²) in [6, 6.07) is 3.64. The highest BCUT2D eigenvalue weighted by Gasteiger charge is 2.26. The second kappa shape index (κ2) is 6.24. The smallest absolute Gasteiger partial charge is 0.235 e. The molecule has 23 heavy (non-hydrogen) atoms. The van der Waals surface area contributed by atoms with Crippen LogP contribution in [-0.4, -0.2) is 24.3 Å². The summed E-state index contributed by atoms with van der Waals surface area (Å²) in [4.78, 5) is 4.02. The number of imidazole rings is 1. The maximum atomic E-state index is 10.4. The van der Waals surface area contributed by atoms with Gasteiger partial charge in [0.25, 0.3) is 0 Å². The fourth-order valence-electron chi connectivity index (χ4n) is 2.89. The Hall–Kier alpha value is -2.63. The van der Waals surface area contributed by atoms with Crippen molar-refractivity contribution in [2.75, 3.05) is 0 Å². The molecule has 3 aromatic heterocycles. The summed E-state index contributed by atoms with van der Waals surface area (Å²) in [5, 5.41) is 20.7. The molecule has 0 spiro atoms. The Kier molecular flexibility index (Phi) is 4.14. The number of aromatic nitrogens is 3. The fourth-order valence-corrected chi connectivity index (χ4v) is 2.89. The van der Waals surface area contributed by atoms with Gasteiger partial charge in [-0.1, -0.05) is 13.8 Å². The minimum atomic E-state index is -0.106. The molecule has 122 valence electrons. The van der Waals surface area contributed by atoms with Crippen LogP contribution in [0.15, 0.2) is 41.5 Å². The Morgan fingerprint density at radius 1 is 1.26 bits per heavy atom.